The molecule has 0 bridgehead atoms. The minimum absolute atomic E-state index is 0.0893. The Morgan fingerprint density at radius 2 is 1.97 bits per heavy atom. The van der Waals surface area contributed by atoms with Gasteiger partial charge in [0, 0.05) is 11.6 Å². The molecule has 0 radical (unpaired) electrons. The predicted molar refractivity (Wildman–Crippen MR) is 136 cm³/mol. The summed E-state index contributed by atoms with van der Waals surface area (Å²) in [4.78, 5) is 30.4. The molecule has 2 aromatic heterocycles. The van der Waals surface area contributed by atoms with Crippen LogP contribution in [-0.4, -0.2) is 27.8 Å². The van der Waals surface area contributed by atoms with Crippen LogP contribution in [-0.2, 0) is 17.8 Å². The Hall–Kier alpha value is -2.81. The molecule has 2 aromatic carbocycles. The number of anilines is 1. The van der Waals surface area contributed by atoms with Gasteiger partial charge in [-0.3, -0.25) is 14.2 Å². The maximum absolute atomic E-state index is 13.1. The number of para-hydroxylation sites is 2. The summed E-state index contributed by atoms with van der Waals surface area (Å²) in [5.74, 6) is 0.538. The van der Waals surface area contributed by atoms with Crippen molar-refractivity contribution in [1.82, 2.24) is 9.55 Å². The number of thiophene rings is 1. The number of rotatable bonds is 9. The molecule has 0 atom stereocenters. The highest BCUT2D eigenvalue weighted by Gasteiger charge is 2.15. The van der Waals surface area contributed by atoms with Crippen LogP contribution < -0.4 is 15.6 Å². The highest BCUT2D eigenvalue weighted by molar-refractivity contribution is 7.99. The number of hydrogen-bond donors (Lipinski definition) is 1. The van der Waals surface area contributed by atoms with Crippen LogP contribution in [0.5, 0.6) is 5.75 Å². The van der Waals surface area contributed by atoms with Gasteiger partial charge in [0.25, 0.3) is 5.56 Å². The first-order valence-corrected chi connectivity index (χ1v) is 12.7. The van der Waals surface area contributed by atoms with E-state index in [9.17, 15) is 9.59 Å². The maximum Gasteiger partial charge on any atom is 0.272 e. The normalized spacial score (nSPS) is 11.0. The van der Waals surface area contributed by atoms with Crippen molar-refractivity contribution in [1.29, 1.82) is 0 Å². The summed E-state index contributed by atoms with van der Waals surface area (Å²) in [6.07, 6.45) is 0.650. The second kappa shape index (κ2) is 10.9. The van der Waals surface area contributed by atoms with E-state index in [2.05, 4.69) is 10.3 Å². The van der Waals surface area contributed by atoms with E-state index in [0.717, 1.165) is 5.56 Å². The van der Waals surface area contributed by atoms with Crippen molar-refractivity contribution < 1.29 is 9.53 Å². The minimum Gasteiger partial charge on any atom is -0.492 e. The number of ether oxygens (including phenoxy) is 1. The first-order valence-electron chi connectivity index (χ1n) is 10.4. The lowest BCUT2D eigenvalue weighted by Crippen LogP contribution is -2.24. The Labute approximate surface area is 204 Å². The fraction of sp³-hybridized carbons (Fsp3) is 0.208. The molecule has 0 saturated heterocycles. The average molecular weight is 500 g/mol. The zero-order valence-electron chi connectivity index (χ0n) is 17.9. The summed E-state index contributed by atoms with van der Waals surface area (Å²) in [7, 11) is 0. The number of carbonyl (C=O) groups excluding carboxylic acids is 1. The smallest absolute Gasteiger partial charge is 0.272 e. The van der Waals surface area contributed by atoms with Gasteiger partial charge in [0.1, 0.15) is 10.4 Å². The number of thioether (sulfide) groups is 1. The fourth-order valence-corrected chi connectivity index (χ4v) is 5.02. The van der Waals surface area contributed by atoms with Gasteiger partial charge in [0.05, 0.1) is 23.6 Å². The number of nitrogens with zero attached hydrogens (tertiary/aromatic N) is 2. The first kappa shape index (κ1) is 23.4. The van der Waals surface area contributed by atoms with Gasteiger partial charge < -0.3 is 10.1 Å². The van der Waals surface area contributed by atoms with Crippen LogP contribution in [0.25, 0.3) is 10.2 Å². The average Bonchev–Trinajstić information content (AvgIpc) is 3.29. The zero-order chi connectivity index (χ0) is 23.2. The monoisotopic (exact) mass is 499 g/mol. The van der Waals surface area contributed by atoms with E-state index in [1.807, 2.05) is 60.8 Å². The first-order chi connectivity index (χ1) is 16.0. The molecule has 0 unspecified atom stereocenters. The van der Waals surface area contributed by atoms with Gasteiger partial charge in [0.15, 0.2) is 5.16 Å². The summed E-state index contributed by atoms with van der Waals surface area (Å²) in [6, 6.07) is 16.7. The summed E-state index contributed by atoms with van der Waals surface area (Å²) in [6.45, 7) is 2.86. The molecule has 6 nitrogen and oxygen atoms in total. The Morgan fingerprint density at radius 3 is 2.76 bits per heavy atom. The number of fused-ring (bicyclic) bond motifs is 1. The molecule has 0 aliphatic rings. The van der Waals surface area contributed by atoms with Crippen LogP contribution in [0.3, 0.4) is 0 Å². The number of aryl methyl sites for hydroxylation is 1. The topological polar surface area (TPSA) is 73.2 Å². The minimum atomic E-state index is -0.198. The second-order valence-electron chi connectivity index (χ2n) is 7.13. The molecular formula is C24H22ClN3O3S2. The molecule has 0 saturated carbocycles. The third-order valence-corrected chi connectivity index (χ3v) is 6.98. The van der Waals surface area contributed by atoms with E-state index in [4.69, 9.17) is 16.3 Å². The lowest BCUT2D eigenvalue weighted by atomic mass is 10.1. The number of aromatic nitrogens is 2. The van der Waals surface area contributed by atoms with Crippen molar-refractivity contribution >= 4 is 56.5 Å². The Kier molecular flexibility index (Phi) is 7.69. The van der Waals surface area contributed by atoms with E-state index in [-0.39, 0.29) is 17.2 Å². The van der Waals surface area contributed by atoms with Crippen LogP contribution in [0.15, 0.2) is 69.9 Å². The van der Waals surface area contributed by atoms with E-state index in [1.54, 1.807) is 10.6 Å². The molecule has 0 spiro atoms. The third-order valence-electron chi connectivity index (χ3n) is 4.86. The van der Waals surface area contributed by atoms with Crippen molar-refractivity contribution in [2.75, 3.05) is 17.7 Å². The van der Waals surface area contributed by atoms with E-state index < -0.39 is 0 Å². The summed E-state index contributed by atoms with van der Waals surface area (Å²) < 4.78 is 7.84. The maximum atomic E-state index is 13.1. The number of halogens is 1. The van der Waals surface area contributed by atoms with Crippen LogP contribution in [0, 0.1) is 0 Å². The zero-order valence-corrected chi connectivity index (χ0v) is 20.3. The van der Waals surface area contributed by atoms with Crippen LogP contribution in [0.2, 0.25) is 5.02 Å². The summed E-state index contributed by atoms with van der Waals surface area (Å²) in [5, 5.41) is 5.93. The van der Waals surface area contributed by atoms with E-state index in [0.29, 0.717) is 51.4 Å². The standard InChI is InChI=1S/C24H22ClN3O3S2/c1-2-31-20-6-4-3-5-18(20)26-21(29)15-33-24-27-19-12-14-32-22(19)23(30)28(24)13-11-16-7-9-17(25)10-8-16/h3-10,12,14H,2,11,13,15H2,1H3,(H,26,29). The molecule has 4 aromatic rings. The highest BCUT2D eigenvalue weighted by atomic mass is 35.5. The molecule has 4 rings (SSSR count). The second-order valence-corrected chi connectivity index (χ2v) is 9.42. The van der Waals surface area contributed by atoms with Gasteiger partial charge in [-0.15, -0.1) is 11.3 Å². The number of benzene rings is 2. The largest absolute Gasteiger partial charge is 0.492 e. The number of hydrogen-bond acceptors (Lipinski definition) is 6. The van der Waals surface area contributed by atoms with Crippen molar-refractivity contribution in [3.05, 3.63) is 80.9 Å². The Morgan fingerprint density at radius 1 is 1.18 bits per heavy atom. The molecular weight excluding hydrogens is 478 g/mol. The third kappa shape index (κ3) is 5.76. The lowest BCUT2D eigenvalue weighted by molar-refractivity contribution is -0.113. The Bertz CT molecular complexity index is 1320. The molecule has 0 aliphatic carbocycles. The molecule has 170 valence electrons. The molecule has 0 fully saturated rings. The van der Waals surface area contributed by atoms with Gasteiger partial charge in [0.2, 0.25) is 5.91 Å². The fourth-order valence-electron chi connectivity index (χ4n) is 3.29. The predicted octanol–water partition coefficient (Wildman–Crippen LogP) is 5.48. The molecule has 2 heterocycles. The summed E-state index contributed by atoms with van der Waals surface area (Å²) in [5.41, 5.74) is 2.25. The molecule has 0 aliphatic heterocycles. The molecule has 9 heteroatoms. The van der Waals surface area contributed by atoms with Crippen LogP contribution in [0.1, 0.15) is 12.5 Å². The Balaban J connectivity index is 1.51. The molecule has 1 N–H and O–H groups in total. The van der Waals surface area contributed by atoms with Gasteiger partial charge in [-0.05, 0) is 54.6 Å². The van der Waals surface area contributed by atoms with Crippen molar-refractivity contribution in [2.24, 2.45) is 0 Å². The van der Waals surface area contributed by atoms with Gasteiger partial charge in [-0.25, -0.2) is 4.98 Å². The summed E-state index contributed by atoms with van der Waals surface area (Å²) >= 11 is 8.60. The SMILES string of the molecule is CCOc1ccccc1NC(=O)CSc1nc2ccsc2c(=O)n1CCc1ccc(Cl)cc1. The van der Waals surface area contributed by atoms with Crippen molar-refractivity contribution in [3.63, 3.8) is 0 Å². The molecule has 1 amide bonds. The number of amides is 1. The van der Waals surface area contributed by atoms with E-state index in [1.165, 1.54) is 23.1 Å². The van der Waals surface area contributed by atoms with E-state index >= 15 is 0 Å². The van der Waals surface area contributed by atoms with Gasteiger partial charge >= 0.3 is 0 Å². The van der Waals surface area contributed by atoms with Gasteiger partial charge in [-0.2, -0.15) is 0 Å². The molecule has 33 heavy (non-hydrogen) atoms. The highest BCUT2D eigenvalue weighted by Crippen LogP contribution is 2.25. The van der Waals surface area contributed by atoms with Crippen LogP contribution >= 0.6 is 34.7 Å². The number of carbonyl (C=O) groups is 1. The van der Waals surface area contributed by atoms with Gasteiger partial charge in [-0.1, -0.05) is 47.6 Å². The van der Waals surface area contributed by atoms with Crippen molar-refractivity contribution in [3.8, 4) is 5.75 Å². The quantitative estimate of drug-likeness (QED) is 0.244. The van der Waals surface area contributed by atoms with Crippen LogP contribution in [0.4, 0.5) is 5.69 Å². The number of nitrogens with one attached hydrogen (secondary N) is 1. The van der Waals surface area contributed by atoms with Crippen molar-refractivity contribution in [2.45, 2.75) is 25.0 Å². The lowest BCUT2D eigenvalue weighted by Gasteiger charge is -2.13.